The summed E-state index contributed by atoms with van der Waals surface area (Å²) in [7, 11) is -3.87. The van der Waals surface area contributed by atoms with E-state index in [1.54, 1.807) is 4.90 Å². The summed E-state index contributed by atoms with van der Waals surface area (Å²) in [4.78, 5) is 14.4. The Morgan fingerprint density at radius 3 is 2.69 bits per heavy atom. The number of hydrogen-bond acceptors (Lipinski definition) is 3. The number of aryl methyl sites for hydroxylation is 1. The Kier molecular flexibility index (Phi) is 4.08. The molecular weight excluding hydrogens is 355 g/mol. The van der Waals surface area contributed by atoms with Crippen molar-refractivity contribution in [2.45, 2.75) is 24.3 Å². The molecule has 0 saturated carbocycles. The summed E-state index contributed by atoms with van der Waals surface area (Å²) in [5, 5.41) is 0. The first-order valence-electron chi connectivity index (χ1n) is 8.51. The monoisotopic (exact) mass is 374 g/mol. The second-order valence-electron chi connectivity index (χ2n) is 6.76. The lowest BCUT2D eigenvalue weighted by Crippen LogP contribution is -2.55. The number of piperazine rings is 1. The number of carbonyl (C=O) groups is 1. The molecule has 26 heavy (non-hydrogen) atoms. The van der Waals surface area contributed by atoms with Gasteiger partial charge in [-0.1, -0.05) is 24.3 Å². The van der Waals surface area contributed by atoms with Gasteiger partial charge in [0.2, 0.25) is 15.9 Å². The van der Waals surface area contributed by atoms with Gasteiger partial charge in [-0.05, 0) is 48.2 Å². The van der Waals surface area contributed by atoms with Crippen LogP contribution in [0.2, 0.25) is 0 Å². The second-order valence-corrected chi connectivity index (χ2v) is 8.70. The summed E-state index contributed by atoms with van der Waals surface area (Å²) in [6.45, 7) is 2.15. The molecular formula is C19H19FN2O3S. The molecule has 1 atom stereocenters. The van der Waals surface area contributed by atoms with Crippen LogP contribution in [-0.4, -0.2) is 43.2 Å². The molecule has 2 aromatic rings. The minimum Gasteiger partial charge on any atom is -0.333 e. The largest absolute Gasteiger partial charge is 0.333 e. The number of hydrogen-bond donors (Lipinski definition) is 0. The standard InChI is InChI=1S/C19H19FN2O3S/c1-13-10-15(6-7-17(13)20)26(24,25)21-11-18-16-5-3-2-4-14(16)8-9-22(18)19(23)12-21/h2-7,10,18H,8-9,11-12H2,1H3/t18-/m0/s1. The van der Waals surface area contributed by atoms with Crippen LogP contribution in [0.15, 0.2) is 47.4 Å². The first-order valence-corrected chi connectivity index (χ1v) is 9.95. The number of sulfonamides is 1. The van der Waals surface area contributed by atoms with E-state index in [1.165, 1.54) is 23.4 Å². The van der Waals surface area contributed by atoms with E-state index in [4.69, 9.17) is 0 Å². The Morgan fingerprint density at radius 2 is 1.92 bits per heavy atom. The van der Waals surface area contributed by atoms with E-state index in [1.807, 2.05) is 24.3 Å². The van der Waals surface area contributed by atoms with Crippen LogP contribution in [0.25, 0.3) is 0 Å². The third kappa shape index (κ3) is 2.71. The molecule has 136 valence electrons. The van der Waals surface area contributed by atoms with Gasteiger partial charge < -0.3 is 4.90 Å². The van der Waals surface area contributed by atoms with Crippen LogP contribution >= 0.6 is 0 Å². The zero-order chi connectivity index (χ0) is 18.5. The third-order valence-corrected chi connectivity index (χ3v) is 7.00. The highest BCUT2D eigenvalue weighted by molar-refractivity contribution is 7.89. The minimum atomic E-state index is -3.87. The first-order chi connectivity index (χ1) is 12.4. The van der Waals surface area contributed by atoms with E-state index >= 15 is 0 Å². The summed E-state index contributed by atoms with van der Waals surface area (Å²) in [5.74, 6) is -0.649. The Bertz CT molecular complexity index is 990. The molecule has 7 heteroatoms. The molecule has 0 bridgehead atoms. The Balaban J connectivity index is 1.71. The van der Waals surface area contributed by atoms with E-state index in [9.17, 15) is 17.6 Å². The molecule has 4 rings (SSSR count). The molecule has 0 N–H and O–H groups in total. The van der Waals surface area contributed by atoms with E-state index in [0.29, 0.717) is 6.54 Å². The van der Waals surface area contributed by atoms with E-state index < -0.39 is 15.8 Å². The van der Waals surface area contributed by atoms with E-state index in [2.05, 4.69) is 0 Å². The number of amides is 1. The van der Waals surface area contributed by atoms with Gasteiger partial charge in [0.25, 0.3) is 0 Å². The highest BCUT2D eigenvalue weighted by Crippen LogP contribution is 2.34. The summed E-state index contributed by atoms with van der Waals surface area (Å²) in [6, 6.07) is 11.3. The summed E-state index contributed by atoms with van der Waals surface area (Å²) < 4.78 is 40.8. The molecule has 0 spiro atoms. The van der Waals surface area contributed by atoms with Crippen LogP contribution in [0, 0.1) is 12.7 Å². The fourth-order valence-corrected chi connectivity index (χ4v) is 5.24. The van der Waals surface area contributed by atoms with Crippen LogP contribution < -0.4 is 0 Å². The predicted octanol–water partition coefficient (Wildman–Crippen LogP) is 2.26. The van der Waals surface area contributed by atoms with Crippen LogP contribution in [0.4, 0.5) is 4.39 Å². The molecule has 2 heterocycles. The molecule has 0 aliphatic carbocycles. The van der Waals surface area contributed by atoms with Gasteiger partial charge in [0, 0.05) is 13.1 Å². The Hall–Kier alpha value is -2.25. The lowest BCUT2D eigenvalue weighted by atomic mass is 9.91. The number of fused-ring (bicyclic) bond motifs is 3. The highest BCUT2D eigenvalue weighted by atomic mass is 32.2. The average Bonchev–Trinajstić information content (AvgIpc) is 2.63. The van der Waals surface area contributed by atoms with Gasteiger partial charge in [-0.15, -0.1) is 0 Å². The van der Waals surface area contributed by atoms with E-state index in [0.717, 1.165) is 23.6 Å². The molecule has 5 nitrogen and oxygen atoms in total. The Morgan fingerprint density at radius 1 is 1.15 bits per heavy atom. The SMILES string of the molecule is Cc1cc(S(=O)(=O)N2CC(=O)N3CCc4ccccc4[C@@H]3C2)ccc1F. The predicted molar refractivity (Wildman–Crippen MR) is 94.5 cm³/mol. The van der Waals surface area contributed by atoms with Gasteiger partial charge in [0.1, 0.15) is 5.82 Å². The van der Waals surface area contributed by atoms with Crippen LogP contribution in [0.5, 0.6) is 0 Å². The number of carbonyl (C=O) groups excluding carboxylic acids is 1. The highest BCUT2D eigenvalue weighted by Gasteiger charge is 2.41. The van der Waals surface area contributed by atoms with Crippen molar-refractivity contribution in [3.8, 4) is 0 Å². The maximum Gasteiger partial charge on any atom is 0.243 e. The normalized spacial score (nSPS) is 20.6. The minimum absolute atomic E-state index is 0.0155. The second kappa shape index (κ2) is 6.17. The van der Waals surface area contributed by atoms with Gasteiger partial charge in [-0.2, -0.15) is 4.31 Å². The number of rotatable bonds is 2. The molecule has 2 aliphatic heterocycles. The van der Waals surface area contributed by atoms with Crippen molar-refractivity contribution in [3.63, 3.8) is 0 Å². The van der Waals surface area contributed by atoms with Crippen LogP contribution in [-0.2, 0) is 21.2 Å². The summed E-state index contributed by atoms with van der Waals surface area (Å²) in [6.07, 6.45) is 0.780. The fourth-order valence-electron chi connectivity index (χ4n) is 3.76. The van der Waals surface area contributed by atoms with Crippen molar-refractivity contribution >= 4 is 15.9 Å². The van der Waals surface area contributed by atoms with Crippen molar-refractivity contribution in [3.05, 3.63) is 65.0 Å². The van der Waals surface area contributed by atoms with Gasteiger partial charge >= 0.3 is 0 Å². The van der Waals surface area contributed by atoms with Crippen LogP contribution in [0.1, 0.15) is 22.7 Å². The van der Waals surface area contributed by atoms with Crippen molar-refractivity contribution < 1.29 is 17.6 Å². The lowest BCUT2D eigenvalue weighted by molar-refractivity contribution is -0.138. The van der Waals surface area contributed by atoms with Crippen LogP contribution in [0.3, 0.4) is 0 Å². The summed E-state index contributed by atoms with van der Waals surface area (Å²) in [5.41, 5.74) is 2.42. The summed E-state index contributed by atoms with van der Waals surface area (Å²) >= 11 is 0. The van der Waals surface area contributed by atoms with Crippen molar-refractivity contribution in [2.75, 3.05) is 19.6 Å². The molecule has 1 fully saturated rings. The maximum atomic E-state index is 13.5. The van der Waals surface area contributed by atoms with Gasteiger partial charge in [-0.3, -0.25) is 4.79 Å². The first kappa shape index (κ1) is 17.2. The molecule has 1 saturated heterocycles. The fraction of sp³-hybridized carbons (Fsp3) is 0.316. The van der Waals surface area contributed by atoms with Gasteiger partial charge in [0.15, 0.2) is 0 Å². The molecule has 1 amide bonds. The molecule has 0 radical (unpaired) electrons. The average molecular weight is 374 g/mol. The van der Waals surface area contributed by atoms with Crippen molar-refractivity contribution in [1.29, 1.82) is 0 Å². The molecule has 0 aromatic heterocycles. The van der Waals surface area contributed by atoms with Gasteiger partial charge in [-0.25, -0.2) is 12.8 Å². The maximum absolute atomic E-state index is 13.5. The topological polar surface area (TPSA) is 57.7 Å². The number of benzene rings is 2. The number of nitrogens with zero attached hydrogens (tertiary/aromatic N) is 2. The van der Waals surface area contributed by atoms with Gasteiger partial charge in [0.05, 0.1) is 17.5 Å². The third-order valence-electron chi connectivity index (χ3n) is 5.19. The smallest absolute Gasteiger partial charge is 0.243 e. The Labute approximate surface area is 152 Å². The lowest BCUT2D eigenvalue weighted by Gasteiger charge is -2.44. The number of halogens is 1. The van der Waals surface area contributed by atoms with E-state index in [-0.39, 0.29) is 35.5 Å². The quantitative estimate of drug-likeness (QED) is 0.810. The zero-order valence-corrected chi connectivity index (χ0v) is 15.2. The molecule has 2 aliphatic rings. The zero-order valence-electron chi connectivity index (χ0n) is 14.4. The van der Waals surface area contributed by atoms with Crippen molar-refractivity contribution in [1.82, 2.24) is 9.21 Å². The van der Waals surface area contributed by atoms with Crippen molar-refractivity contribution in [2.24, 2.45) is 0 Å². The molecule has 0 unspecified atom stereocenters. The molecule has 2 aromatic carbocycles.